The molecule has 0 bridgehead atoms. The molecule has 1 atom stereocenters. The highest BCUT2D eigenvalue weighted by atomic mass is 16.6. The predicted molar refractivity (Wildman–Crippen MR) is 303 cm³/mol. The van der Waals surface area contributed by atoms with E-state index in [0.29, 0.717) is 19.3 Å². The lowest BCUT2D eigenvalue weighted by atomic mass is 10.0. The fraction of sp³-hybridized carbons (Fsp3) is 0.953. The van der Waals surface area contributed by atoms with Gasteiger partial charge in [-0.25, -0.2) is 0 Å². The molecule has 0 aliphatic heterocycles. The van der Waals surface area contributed by atoms with E-state index in [1.165, 1.54) is 250 Å². The number of hydrogen-bond acceptors (Lipinski definition) is 6. The van der Waals surface area contributed by atoms with Crippen LogP contribution >= 0.6 is 0 Å². The Labute approximate surface area is 438 Å². The molecule has 0 aromatic rings. The summed E-state index contributed by atoms with van der Waals surface area (Å²) in [6.45, 7) is 11.4. The molecule has 0 aliphatic carbocycles. The van der Waals surface area contributed by atoms with Crippen molar-refractivity contribution < 1.29 is 28.6 Å². The molecule has 0 heterocycles. The number of rotatable bonds is 58. The first-order valence-electron chi connectivity index (χ1n) is 31.7. The van der Waals surface area contributed by atoms with Gasteiger partial charge in [-0.3, -0.25) is 14.4 Å². The van der Waals surface area contributed by atoms with E-state index in [2.05, 4.69) is 34.6 Å². The molecule has 0 N–H and O–H groups in total. The van der Waals surface area contributed by atoms with Crippen LogP contribution in [0.3, 0.4) is 0 Å². The van der Waals surface area contributed by atoms with Crippen molar-refractivity contribution in [1.82, 2.24) is 0 Å². The minimum absolute atomic E-state index is 0.0621. The van der Waals surface area contributed by atoms with Crippen molar-refractivity contribution in [3.63, 3.8) is 0 Å². The van der Waals surface area contributed by atoms with Crippen molar-refractivity contribution in [3.8, 4) is 0 Å². The largest absolute Gasteiger partial charge is 0.462 e. The van der Waals surface area contributed by atoms with Crippen LogP contribution in [0.2, 0.25) is 0 Å². The zero-order valence-electron chi connectivity index (χ0n) is 48.2. The molecule has 6 nitrogen and oxygen atoms in total. The van der Waals surface area contributed by atoms with Gasteiger partial charge >= 0.3 is 17.9 Å². The normalized spacial score (nSPS) is 12.0. The maximum absolute atomic E-state index is 12.9. The van der Waals surface area contributed by atoms with Gasteiger partial charge in [-0.15, -0.1) is 0 Å². The van der Waals surface area contributed by atoms with Gasteiger partial charge in [0.2, 0.25) is 0 Å². The lowest BCUT2D eigenvalue weighted by molar-refractivity contribution is -0.167. The van der Waals surface area contributed by atoms with E-state index in [1.54, 1.807) is 0 Å². The maximum Gasteiger partial charge on any atom is 0.306 e. The number of ether oxygens (including phenoxy) is 3. The number of hydrogen-bond donors (Lipinski definition) is 0. The Balaban J connectivity index is 4.27. The highest BCUT2D eigenvalue weighted by molar-refractivity contribution is 5.71. The number of unbranched alkanes of at least 4 members (excludes halogenated alkanes) is 43. The molecule has 0 amide bonds. The van der Waals surface area contributed by atoms with Gasteiger partial charge in [0.1, 0.15) is 13.2 Å². The van der Waals surface area contributed by atoms with Gasteiger partial charge in [0.05, 0.1) is 0 Å². The first kappa shape index (κ1) is 68.4. The van der Waals surface area contributed by atoms with Crippen molar-refractivity contribution >= 4 is 17.9 Å². The van der Waals surface area contributed by atoms with Gasteiger partial charge in [-0.05, 0) is 31.1 Å². The Morgan fingerprint density at radius 2 is 0.471 bits per heavy atom. The highest BCUT2D eigenvalue weighted by Gasteiger charge is 2.19. The SMILES string of the molecule is CCCCCCCCCCCCCCCCCCCCCC(=O)O[C@H](COC(=O)CCCCCCCCCCCCCCCCCCC(C)C)COC(=O)CCCCCCCCCCCCCC(C)C. The average Bonchev–Trinajstić information content (AvgIpc) is 3.33. The molecule has 0 aromatic heterocycles. The molecule has 0 fully saturated rings. The summed E-state index contributed by atoms with van der Waals surface area (Å²) in [5, 5.41) is 0. The van der Waals surface area contributed by atoms with Crippen molar-refractivity contribution in [3.05, 3.63) is 0 Å². The maximum atomic E-state index is 12.9. The number of carbonyl (C=O) groups excluding carboxylic acids is 3. The third kappa shape index (κ3) is 57.3. The van der Waals surface area contributed by atoms with E-state index >= 15 is 0 Å². The summed E-state index contributed by atoms with van der Waals surface area (Å²) in [4.78, 5) is 38.3. The highest BCUT2D eigenvalue weighted by Crippen LogP contribution is 2.19. The minimum atomic E-state index is -0.764. The molecule has 0 unspecified atom stereocenters. The molecule has 0 radical (unpaired) electrons. The van der Waals surface area contributed by atoms with E-state index < -0.39 is 6.10 Å². The van der Waals surface area contributed by atoms with Gasteiger partial charge in [-0.2, -0.15) is 0 Å². The fourth-order valence-corrected chi connectivity index (χ4v) is 9.93. The molecule has 0 saturated heterocycles. The predicted octanol–water partition coefficient (Wildman–Crippen LogP) is 21.2. The second-order valence-electron chi connectivity index (χ2n) is 23.0. The molecule has 0 aromatic carbocycles. The van der Waals surface area contributed by atoms with E-state index in [0.717, 1.165) is 69.6 Å². The van der Waals surface area contributed by atoms with E-state index in [9.17, 15) is 14.4 Å². The quantitative estimate of drug-likeness (QED) is 0.0343. The summed E-state index contributed by atoms with van der Waals surface area (Å²) in [7, 11) is 0. The van der Waals surface area contributed by atoms with Crippen LogP contribution in [-0.2, 0) is 28.6 Å². The second-order valence-corrected chi connectivity index (χ2v) is 23.0. The molecule has 6 heteroatoms. The van der Waals surface area contributed by atoms with Crippen LogP contribution in [0, 0.1) is 11.8 Å². The van der Waals surface area contributed by atoms with Crippen LogP contribution < -0.4 is 0 Å². The lowest BCUT2D eigenvalue weighted by Crippen LogP contribution is -2.30. The standard InChI is InChI=1S/C64H124O6/c1-6-7-8-9-10-11-12-13-14-15-16-17-22-25-30-36-41-46-51-56-64(67)70-61(58-69-63(66)55-50-45-40-35-31-26-28-33-38-43-48-53-60(4)5)57-68-62(65)54-49-44-39-34-29-24-21-19-18-20-23-27-32-37-42-47-52-59(2)3/h59-61H,6-58H2,1-5H3/t61-/m1/s1. The fourth-order valence-electron chi connectivity index (χ4n) is 9.93. The van der Waals surface area contributed by atoms with Gasteiger partial charge < -0.3 is 14.2 Å². The second kappa shape index (κ2) is 56.7. The Kier molecular flexibility index (Phi) is 55.4. The minimum Gasteiger partial charge on any atom is -0.462 e. The molecular formula is C64H124O6. The van der Waals surface area contributed by atoms with Crippen molar-refractivity contribution in [2.45, 2.75) is 368 Å². The Morgan fingerprint density at radius 1 is 0.271 bits per heavy atom. The van der Waals surface area contributed by atoms with Crippen molar-refractivity contribution in [1.29, 1.82) is 0 Å². The van der Waals surface area contributed by atoms with Crippen LogP contribution in [0.15, 0.2) is 0 Å². The monoisotopic (exact) mass is 989 g/mol. The summed E-state index contributed by atoms with van der Waals surface area (Å²) in [6.07, 6.45) is 62.5. The molecule has 416 valence electrons. The smallest absolute Gasteiger partial charge is 0.306 e. The van der Waals surface area contributed by atoms with Gasteiger partial charge in [0, 0.05) is 19.3 Å². The molecule has 0 saturated carbocycles. The van der Waals surface area contributed by atoms with Crippen LogP contribution in [0.1, 0.15) is 362 Å². The van der Waals surface area contributed by atoms with Crippen LogP contribution in [0.5, 0.6) is 0 Å². The molecular weight excluding hydrogens is 865 g/mol. The van der Waals surface area contributed by atoms with E-state index in [4.69, 9.17) is 14.2 Å². The number of esters is 3. The first-order valence-corrected chi connectivity index (χ1v) is 31.7. The summed E-state index contributed by atoms with van der Waals surface area (Å²) in [5.74, 6) is 0.847. The van der Waals surface area contributed by atoms with Gasteiger partial charge in [0.15, 0.2) is 6.10 Å². The zero-order chi connectivity index (χ0) is 51.1. The summed E-state index contributed by atoms with van der Waals surface area (Å²) in [5.41, 5.74) is 0. The molecule has 0 rings (SSSR count). The first-order chi connectivity index (χ1) is 34.2. The summed E-state index contributed by atoms with van der Waals surface area (Å²) in [6, 6.07) is 0. The zero-order valence-corrected chi connectivity index (χ0v) is 48.2. The third-order valence-corrected chi connectivity index (χ3v) is 14.7. The Morgan fingerprint density at radius 3 is 0.700 bits per heavy atom. The van der Waals surface area contributed by atoms with Crippen molar-refractivity contribution in [2.24, 2.45) is 11.8 Å². The Hall–Kier alpha value is -1.59. The topological polar surface area (TPSA) is 78.9 Å². The number of carbonyl (C=O) groups is 3. The van der Waals surface area contributed by atoms with Crippen molar-refractivity contribution in [2.75, 3.05) is 13.2 Å². The summed E-state index contributed by atoms with van der Waals surface area (Å²) < 4.78 is 17.0. The lowest BCUT2D eigenvalue weighted by Gasteiger charge is -2.18. The van der Waals surface area contributed by atoms with Gasteiger partial charge in [0.25, 0.3) is 0 Å². The average molecular weight is 990 g/mol. The van der Waals surface area contributed by atoms with Crippen LogP contribution in [-0.4, -0.2) is 37.2 Å². The molecule has 70 heavy (non-hydrogen) atoms. The third-order valence-electron chi connectivity index (χ3n) is 14.7. The van der Waals surface area contributed by atoms with E-state index in [-0.39, 0.29) is 31.1 Å². The van der Waals surface area contributed by atoms with Crippen LogP contribution in [0.25, 0.3) is 0 Å². The van der Waals surface area contributed by atoms with Crippen LogP contribution in [0.4, 0.5) is 0 Å². The summed E-state index contributed by atoms with van der Waals surface area (Å²) >= 11 is 0. The molecule has 0 aliphatic rings. The van der Waals surface area contributed by atoms with Gasteiger partial charge in [-0.1, -0.05) is 324 Å². The Bertz CT molecular complexity index is 1070. The molecule has 0 spiro atoms. The van der Waals surface area contributed by atoms with E-state index in [1.807, 2.05) is 0 Å².